The molecule has 0 aromatic heterocycles. The smallest absolute Gasteiger partial charge is 0.344 e. The normalized spacial score (nSPS) is 10.3. The zero-order chi connectivity index (χ0) is 18.9. The highest BCUT2D eigenvalue weighted by atomic mass is 19.1. The van der Waals surface area contributed by atoms with Crippen LogP contribution >= 0.6 is 0 Å². The lowest BCUT2D eigenvalue weighted by molar-refractivity contribution is -0.150. The van der Waals surface area contributed by atoms with Crippen molar-refractivity contribution in [2.45, 2.75) is 20.3 Å². The molecule has 0 saturated carbocycles. The van der Waals surface area contributed by atoms with Crippen molar-refractivity contribution in [2.75, 3.05) is 19.8 Å². The molecule has 26 heavy (non-hydrogen) atoms. The predicted molar refractivity (Wildman–Crippen MR) is 95.5 cm³/mol. The van der Waals surface area contributed by atoms with Crippen LogP contribution in [0.3, 0.4) is 0 Å². The van der Waals surface area contributed by atoms with Crippen molar-refractivity contribution >= 4 is 11.9 Å². The molecule has 0 spiro atoms. The van der Waals surface area contributed by atoms with Crippen LogP contribution in [0.2, 0.25) is 0 Å². The molecule has 0 atom stereocenters. The summed E-state index contributed by atoms with van der Waals surface area (Å²) in [6.45, 7) is 3.53. The molecule has 2 rings (SSSR count). The number of esters is 1. The molecule has 0 fully saturated rings. The molecule has 1 amide bonds. The molecule has 0 unspecified atom stereocenters. The van der Waals surface area contributed by atoms with Crippen molar-refractivity contribution in [3.63, 3.8) is 0 Å². The number of aryl methyl sites for hydroxylation is 2. The Labute approximate surface area is 152 Å². The second kappa shape index (κ2) is 9.56. The van der Waals surface area contributed by atoms with E-state index in [4.69, 9.17) is 9.47 Å². The molecule has 2 aromatic carbocycles. The maximum absolute atomic E-state index is 13.4. The molecular formula is C20H22FNO4. The van der Waals surface area contributed by atoms with Crippen LogP contribution in [0.15, 0.2) is 42.5 Å². The van der Waals surface area contributed by atoms with Crippen molar-refractivity contribution in [2.24, 2.45) is 0 Å². The Balaban J connectivity index is 1.64. The quantitative estimate of drug-likeness (QED) is 0.736. The van der Waals surface area contributed by atoms with E-state index < -0.39 is 18.5 Å². The van der Waals surface area contributed by atoms with E-state index in [9.17, 15) is 14.0 Å². The second-order valence-corrected chi connectivity index (χ2v) is 5.89. The number of hydrogen-bond acceptors (Lipinski definition) is 4. The van der Waals surface area contributed by atoms with Crippen molar-refractivity contribution in [1.82, 2.24) is 5.32 Å². The van der Waals surface area contributed by atoms with Gasteiger partial charge in [-0.15, -0.1) is 0 Å². The van der Waals surface area contributed by atoms with Crippen molar-refractivity contribution in [1.29, 1.82) is 0 Å². The largest absolute Gasteiger partial charge is 0.482 e. The summed E-state index contributed by atoms with van der Waals surface area (Å²) < 4.78 is 23.6. The van der Waals surface area contributed by atoms with E-state index >= 15 is 0 Å². The number of rotatable bonds is 8. The lowest BCUT2D eigenvalue weighted by Gasteiger charge is -2.09. The van der Waals surface area contributed by atoms with Gasteiger partial charge < -0.3 is 14.8 Å². The van der Waals surface area contributed by atoms with Gasteiger partial charge in [0.1, 0.15) is 11.6 Å². The molecule has 6 heteroatoms. The van der Waals surface area contributed by atoms with Gasteiger partial charge >= 0.3 is 5.97 Å². The van der Waals surface area contributed by atoms with E-state index in [-0.39, 0.29) is 19.0 Å². The summed E-state index contributed by atoms with van der Waals surface area (Å²) in [4.78, 5) is 23.3. The van der Waals surface area contributed by atoms with Crippen LogP contribution in [0.25, 0.3) is 0 Å². The zero-order valence-corrected chi connectivity index (χ0v) is 14.9. The molecule has 5 nitrogen and oxygen atoms in total. The Hall–Kier alpha value is -2.89. The Morgan fingerprint density at radius 3 is 2.54 bits per heavy atom. The Bertz CT molecular complexity index is 776. The molecule has 2 aromatic rings. The standard InChI is InChI=1S/C20H22FNO4/c1-14-7-8-17(11-15(14)2)25-13-20(24)26-12-19(23)22-10-9-16-5-3-4-6-18(16)21/h3-8,11H,9-10,12-13H2,1-2H3,(H,22,23). The molecule has 0 saturated heterocycles. The van der Waals surface area contributed by atoms with Gasteiger partial charge in [-0.3, -0.25) is 4.79 Å². The minimum atomic E-state index is -0.632. The van der Waals surface area contributed by atoms with Gasteiger partial charge in [0.05, 0.1) is 0 Å². The molecule has 0 radical (unpaired) electrons. The van der Waals surface area contributed by atoms with Gasteiger partial charge in [-0.1, -0.05) is 24.3 Å². The summed E-state index contributed by atoms with van der Waals surface area (Å²) in [5.74, 6) is -0.815. The molecule has 1 N–H and O–H groups in total. The summed E-state index contributed by atoms with van der Waals surface area (Å²) >= 11 is 0. The first kappa shape index (κ1) is 19.4. The minimum absolute atomic E-state index is 0.260. The summed E-state index contributed by atoms with van der Waals surface area (Å²) in [5.41, 5.74) is 2.71. The van der Waals surface area contributed by atoms with Crippen LogP contribution in [-0.2, 0) is 20.7 Å². The van der Waals surface area contributed by atoms with Gasteiger partial charge in [-0.05, 0) is 55.2 Å². The first-order chi connectivity index (χ1) is 12.5. The molecule has 0 aliphatic carbocycles. The van der Waals surface area contributed by atoms with Gasteiger partial charge in [0.2, 0.25) is 0 Å². The number of carbonyl (C=O) groups is 2. The van der Waals surface area contributed by atoms with Crippen molar-refractivity contribution < 1.29 is 23.5 Å². The highest BCUT2D eigenvalue weighted by Crippen LogP contribution is 2.16. The van der Waals surface area contributed by atoms with Gasteiger partial charge in [-0.2, -0.15) is 0 Å². The van der Waals surface area contributed by atoms with Gasteiger partial charge in [-0.25, -0.2) is 9.18 Å². The van der Waals surface area contributed by atoms with E-state index in [1.54, 1.807) is 24.3 Å². The fraction of sp³-hybridized carbons (Fsp3) is 0.300. The lowest BCUT2D eigenvalue weighted by Crippen LogP contribution is -2.31. The van der Waals surface area contributed by atoms with Crippen LogP contribution in [0.1, 0.15) is 16.7 Å². The van der Waals surface area contributed by atoms with Crippen LogP contribution in [0.4, 0.5) is 4.39 Å². The summed E-state index contributed by atoms with van der Waals surface area (Å²) in [6.07, 6.45) is 0.363. The lowest BCUT2D eigenvalue weighted by atomic mass is 10.1. The third-order valence-electron chi connectivity index (χ3n) is 3.87. The highest BCUT2D eigenvalue weighted by Gasteiger charge is 2.09. The van der Waals surface area contributed by atoms with Crippen LogP contribution in [-0.4, -0.2) is 31.6 Å². The first-order valence-corrected chi connectivity index (χ1v) is 8.31. The summed E-state index contributed by atoms with van der Waals surface area (Å²) in [6, 6.07) is 11.9. The number of benzene rings is 2. The van der Waals surface area contributed by atoms with E-state index in [2.05, 4.69) is 5.32 Å². The third-order valence-corrected chi connectivity index (χ3v) is 3.87. The molecular weight excluding hydrogens is 337 g/mol. The maximum atomic E-state index is 13.4. The average Bonchev–Trinajstić information content (AvgIpc) is 2.62. The van der Waals surface area contributed by atoms with Crippen LogP contribution in [0.5, 0.6) is 5.75 Å². The maximum Gasteiger partial charge on any atom is 0.344 e. The van der Waals surface area contributed by atoms with E-state index in [0.717, 1.165) is 11.1 Å². The Morgan fingerprint density at radius 1 is 1.04 bits per heavy atom. The van der Waals surface area contributed by atoms with Crippen LogP contribution < -0.4 is 10.1 Å². The Morgan fingerprint density at radius 2 is 1.81 bits per heavy atom. The van der Waals surface area contributed by atoms with Gasteiger partial charge in [0, 0.05) is 6.54 Å². The Kier molecular flexibility index (Phi) is 7.14. The SMILES string of the molecule is Cc1ccc(OCC(=O)OCC(=O)NCCc2ccccc2F)cc1C. The molecule has 0 heterocycles. The molecule has 0 bridgehead atoms. The third kappa shape index (κ3) is 6.20. The molecule has 0 aliphatic rings. The van der Waals surface area contributed by atoms with E-state index in [0.29, 0.717) is 17.7 Å². The summed E-state index contributed by atoms with van der Waals surface area (Å²) in [5, 5.41) is 2.58. The molecule has 138 valence electrons. The molecule has 0 aliphatic heterocycles. The number of hydrogen-bond donors (Lipinski definition) is 1. The average molecular weight is 359 g/mol. The highest BCUT2D eigenvalue weighted by molar-refractivity contribution is 5.80. The second-order valence-electron chi connectivity index (χ2n) is 5.89. The van der Waals surface area contributed by atoms with Crippen molar-refractivity contribution in [3.05, 3.63) is 65.0 Å². The van der Waals surface area contributed by atoms with E-state index in [1.165, 1.54) is 6.07 Å². The zero-order valence-electron chi connectivity index (χ0n) is 14.9. The number of halogens is 1. The number of amides is 1. The van der Waals surface area contributed by atoms with Gasteiger partial charge in [0.25, 0.3) is 5.91 Å². The number of ether oxygens (including phenoxy) is 2. The number of carbonyl (C=O) groups excluding carboxylic acids is 2. The first-order valence-electron chi connectivity index (χ1n) is 8.31. The van der Waals surface area contributed by atoms with E-state index in [1.807, 2.05) is 26.0 Å². The minimum Gasteiger partial charge on any atom is -0.482 e. The fourth-order valence-corrected chi connectivity index (χ4v) is 2.22. The monoisotopic (exact) mass is 359 g/mol. The van der Waals surface area contributed by atoms with Crippen molar-refractivity contribution in [3.8, 4) is 5.75 Å². The fourth-order valence-electron chi connectivity index (χ4n) is 2.22. The van der Waals surface area contributed by atoms with Gasteiger partial charge in [0.15, 0.2) is 13.2 Å². The summed E-state index contributed by atoms with van der Waals surface area (Å²) in [7, 11) is 0. The topological polar surface area (TPSA) is 64.6 Å². The number of nitrogens with one attached hydrogen (secondary N) is 1. The van der Waals surface area contributed by atoms with Crippen LogP contribution in [0, 0.1) is 19.7 Å². The predicted octanol–water partition coefficient (Wildman–Crippen LogP) is 2.72.